The second-order valence-corrected chi connectivity index (χ2v) is 19.4. The first kappa shape index (κ1) is 43.3. The molecule has 0 saturated heterocycles. The number of nitrogens with zero attached hydrogens (tertiary/aromatic N) is 11. The van der Waals surface area contributed by atoms with Crippen molar-refractivity contribution in [1.82, 2.24) is 48.2 Å². The summed E-state index contributed by atoms with van der Waals surface area (Å²) in [6.07, 6.45) is 15.1. The maximum absolute atomic E-state index is 12.9. The number of hydrogen-bond acceptors (Lipinski definition) is 7. The van der Waals surface area contributed by atoms with E-state index in [1.807, 2.05) is 98.1 Å². The second-order valence-electron chi connectivity index (χ2n) is 19.4. The molecular formula is C67H39N11. The fourth-order valence-corrected chi connectivity index (χ4v) is 12.2. The minimum Gasteiger partial charge on any atom is -0.307 e. The van der Waals surface area contributed by atoms with Crippen LogP contribution < -0.4 is 0 Å². The molecule has 0 unspecified atom stereocenters. The molecule has 0 atom stereocenters. The van der Waals surface area contributed by atoms with E-state index in [2.05, 4.69) is 164 Å². The Morgan fingerprint density at radius 2 is 0.654 bits per heavy atom. The van der Waals surface area contributed by atoms with Crippen LogP contribution >= 0.6 is 0 Å². The van der Waals surface area contributed by atoms with Crippen LogP contribution in [0.2, 0.25) is 0 Å². The molecule has 16 rings (SSSR count). The molecule has 16 aromatic rings. The number of benzene rings is 7. The van der Waals surface area contributed by atoms with Crippen LogP contribution in [0.5, 0.6) is 0 Å². The second kappa shape index (κ2) is 17.0. The SMILES string of the molecule is N#Cc1c(-n2c3ccccc3c3cnccc32)c(-c2cc(-c3ccccc3)nc(-c3ccccc3)n2)c(-n2c3ccccc3c3cnccc32)c(-n2c3ccccc3c3cnccc32)c1-n1c2ccccc2c2cnccc21. The van der Waals surface area contributed by atoms with Gasteiger partial charge >= 0.3 is 0 Å². The molecule has 9 heterocycles. The molecule has 11 nitrogen and oxygen atoms in total. The molecule has 11 heteroatoms. The molecule has 0 N–H and O–H groups in total. The molecule has 0 fully saturated rings. The summed E-state index contributed by atoms with van der Waals surface area (Å²) in [6, 6.07) is 67.6. The maximum Gasteiger partial charge on any atom is 0.160 e. The Bertz CT molecular complexity index is 4900. The lowest BCUT2D eigenvalue weighted by atomic mass is 9.95. The van der Waals surface area contributed by atoms with E-state index in [1.165, 1.54) is 0 Å². The van der Waals surface area contributed by atoms with E-state index in [-0.39, 0.29) is 0 Å². The zero-order chi connectivity index (χ0) is 51.4. The first-order valence-corrected chi connectivity index (χ1v) is 25.7. The first-order chi connectivity index (χ1) is 38.7. The van der Waals surface area contributed by atoms with Gasteiger partial charge in [0.25, 0.3) is 0 Å². The van der Waals surface area contributed by atoms with Gasteiger partial charge in [0, 0.05) is 104 Å². The Morgan fingerprint density at radius 3 is 1.09 bits per heavy atom. The van der Waals surface area contributed by atoms with E-state index in [0.29, 0.717) is 34.0 Å². The molecule has 362 valence electrons. The minimum atomic E-state index is 0.409. The fraction of sp³-hybridized carbons (Fsp3) is 0. The van der Waals surface area contributed by atoms with Crippen molar-refractivity contribution in [2.24, 2.45) is 0 Å². The van der Waals surface area contributed by atoms with Crippen molar-refractivity contribution >= 4 is 87.2 Å². The monoisotopic (exact) mass is 997 g/mol. The number of para-hydroxylation sites is 4. The molecule has 78 heavy (non-hydrogen) atoms. The summed E-state index contributed by atoms with van der Waals surface area (Å²) in [5.41, 5.74) is 14.2. The van der Waals surface area contributed by atoms with Gasteiger partial charge < -0.3 is 18.3 Å². The molecule has 9 aromatic heterocycles. The smallest absolute Gasteiger partial charge is 0.160 e. The topological polar surface area (TPSA) is 121 Å². The fourth-order valence-electron chi connectivity index (χ4n) is 12.2. The van der Waals surface area contributed by atoms with E-state index in [0.717, 1.165) is 115 Å². The van der Waals surface area contributed by atoms with Gasteiger partial charge in [0.1, 0.15) is 11.6 Å². The number of pyridine rings is 4. The van der Waals surface area contributed by atoms with Gasteiger partial charge in [-0.05, 0) is 54.6 Å². The van der Waals surface area contributed by atoms with Crippen LogP contribution in [0.25, 0.3) is 144 Å². The lowest BCUT2D eigenvalue weighted by Gasteiger charge is -2.29. The quantitative estimate of drug-likeness (QED) is 0.156. The largest absolute Gasteiger partial charge is 0.307 e. The summed E-state index contributed by atoms with van der Waals surface area (Å²) < 4.78 is 9.28. The lowest BCUT2D eigenvalue weighted by Crippen LogP contribution is -2.17. The standard InChI is InChI=1S/C67H39N11/c68-36-47-63(75-54-23-11-7-19-43(54)48-37-69-31-27-58(48)75)62(53-35-52(41-15-3-1-4-16-41)73-67(74-53)42-17-5-2-6-18-42)65(77-56-25-13-9-21-45(56)50-39-71-33-29-60(50)77)66(78-57-26-14-10-22-46(57)51-40-72-34-30-61(51)78)64(47)76-55-24-12-8-20-44(55)49-38-70-32-28-59(49)76/h1-35,37-40H. The third kappa shape index (κ3) is 6.19. The van der Waals surface area contributed by atoms with Gasteiger partial charge in [-0.25, -0.2) is 9.97 Å². The van der Waals surface area contributed by atoms with Crippen LogP contribution in [0, 0.1) is 11.3 Å². The molecule has 0 bridgehead atoms. The summed E-state index contributed by atoms with van der Waals surface area (Å²) in [7, 11) is 0. The molecule has 0 radical (unpaired) electrons. The van der Waals surface area contributed by atoms with Gasteiger partial charge in [-0.3, -0.25) is 19.9 Å². The van der Waals surface area contributed by atoms with E-state index < -0.39 is 0 Å². The maximum atomic E-state index is 12.9. The minimum absolute atomic E-state index is 0.409. The summed E-state index contributed by atoms with van der Waals surface area (Å²) >= 11 is 0. The predicted molar refractivity (Wildman–Crippen MR) is 312 cm³/mol. The Morgan fingerprint density at radius 1 is 0.308 bits per heavy atom. The summed E-state index contributed by atoms with van der Waals surface area (Å²) in [5.74, 6) is 0.531. The molecule has 0 saturated carbocycles. The van der Waals surface area contributed by atoms with Gasteiger partial charge in [0.05, 0.1) is 83.8 Å². The Kier molecular flexibility index (Phi) is 9.43. The number of nitriles is 1. The van der Waals surface area contributed by atoms with Crippen LogP contribution in [0.4, 0.5) is 0 Å². The van der Waals surface area contributed by atoms with Gasteiger partial charge in [-0.1, -0.05) is 133 Å². The van der Waals surface area contributed by atoms with Crippen molar-refractivity contribution in [3.8, 4) is 62.7 Å². The van der Waals surface area contributed by atoms with Crippen LogP contribution in [-0.2, 0) is 0 Å². The average Bonchev–Trinajstić information content (AvgIpc) is 4.34. The first-order valence-electron chi connectivity index (χ1n) is 25.7. The Labute approximate surface area is 444 Å². The number of aromatic nitrogens is 10. The van der Waals surface area contributed by atoms with Crippen molar-refractivity contribution < 1.29 is 0 Å². The number of hydrogen-bond donors (Lipinski definition) is 0. The normalized spacial score (nSPS) is 11.8. The Balaban J connectivity index is 1.27. The van der Waals surface area contributed by atoms with Crippen LogP contribution in [0.15, 0.2) is 238 Å². The van der Waals surface area contributed by atoms with Crippen LogP contribution in [0.1, 0.15) is 5.56 Å². The Hall–Kier alpha value is -11.1. The molecule has 0 aliphatic rings. The van der Waals surface area contributed by atoms with Crippen LogP contribution in [0.3, 0.4) is 0 Å². The summed E-state index contributed by atoms with van der Waals surface area (Å²) in [6.45, 7) is 0. The highest BCUT2D eigenvalue weighted by molar-refractivity contribution is 6.16. The van der Waals surface area contributed by atoms with Crippen molar-refractivity contribution in [3.63, 3.8) is 0 Å². The molecule has 0 spiro atoms. The van der Waals surface area contributed by atoms with Gasteiger partial charge in [-0.2, -0.15) is 5.26 Å². The van der Waals surface area contributed by atoms with E-state index >= 15 is 0 Å². The van der Waals surface area contributed by atoms with Crippen molar-refractivity contribution in [2.75, 3.05) is 0 Å². The van der Waals surface area contributed by atoms with Crippen molar-refractivity contribution in [2.45, 2.75) is 0 Å². The van der Waals surface area contributed by atoms with Gasteiger partial charge in [0.15, 0.2) is 5.82 Å². The van der Waals surface area contributed by atoms with E-state index in [1.54, 1.807) is 0 Å². The summed E-state index contributed by atoms with van der Waals surface area (Å²) in [5, 5.41) is 20.7. The van der Waals surface area contributed by atoms with Gasteiger partial charge in [0.2, 0.25) is 0 Å². The highest BCUT2D eigenvalue weighted by atomic mass is 15.1. The highest BCUT2D eigenvalue weighted by Gasteiger charge is 2.36. The van der Waals surface area contributed by atoms with Crippen LogP contribution in [-0.4, -0.2) is 48.2 Å². The van der Waals surface area contributed by atoms with Gasteiger partial charge in [-0.15, -0.1) is 0 Å². The molecule has 7 aromatic carbocycles. The predicted octanol–water partition coefficient (Wildman–Crippen LogP) is 15.3. The number of rotatable bonds is 7. The molecule has 0 amide bonds. The van der Waals surface area contributed by atoms with E-state index in [4.69, 9.17) is 29.9 Å². The average molecular weight is 998 g/mol. The van der Waals surface area contributed by atoms with Crippen molar-refractivity contribution in [1.29, 1.82) is 5.26 Å². The third-order valence-electron chi connectivity index (χ3n) is 15.4. The number of fused-ring (bicyclic) bond motifs is 12. The molecule has 0 aliphatic carbocycles. The zero-order valence-electron chi connectivity index (χ0n) is 41.4. The molecule has 0 aliphatic heterocycles. The van der Waals surface area contributed by atoms with E-state index in [9.17, 15) is 5.26 Å². The zero-order valence-corrected chi connectivity index (χ0v) is 41.4. The molecular weight excluding hydrogens is 959 g/mol. The summed E-state index contributed by atoms with van der Waals surface area (Å²) in [4.78, 5) is 30.1. The van der Waals surface area contributed by atoms with Crippen molar-refractivity contribution in [3.05, 3.63) is 243 Å². The lowest BCUT2D eigenvalue weighted by molar-refractivity contribution is 1.02. The third-order valence-corrected chi connectivity index (χ3v) is 15.4. The highest BCUT2D eigenvalue weighted by Crippen LogP contribution is 2.52.